The van der Waals surface area contributed by atoms with E-state index in [0.717, 1.165) is 24.1 Å². The Morgan fingerprint density at radius 2 is 2.03 bits per heavy atom. The lowest BCUT2D eigenvalue weighted by molar-refractivity contribution is -0.137. The molecule has 1 aliphatic rings. The molecule has 1 atom stereocenters. The van der Waals surface area contributed by atoms with Gasteiger partial charge in [0.15, 0.2) is 5.69 Å². The number of ether oxygens (including phenoxy) is 1. The van der Waals surface area contributed by atoms with Crippen LogP contribution in [0.4, 0.5) is 13.2 Å². The Labute approximate surface area is 170 Å². The molecular formula is C21H19F3N4O2. The summed E-state index contributed by atoms with van der Waals surface area (Å²) < 4.78 is 45.6. The Kier molecular flexibility index (Phi) is 5.54. The van der Waals surface area contributed by atoms with Gasteiger partial charge in [-0.2, -0.15) is 13.2 Å². The van der Waals surface area contributed by atoms with Crippen LogP contribution in [-0.2, 0) is 23.9 Å². The molecule has 0 spiro atoms. The molecule has 4 rings (SSSR count). The molecule has 9 heteroatoms. The fourth-order valence-corrected chi connectivity index (χ4v) is 3.43. The predicted octanol–water partition coefficient (Wildman–Crippen LogP) is 3.39. The predicted molar refractivity (Wildman–Crippen MR) is 102 cm³/mol. The monoisotopic (exact) mass is 416 g/mol. The first kappa shape index (κ1) is 20.1. The fraction of sp³-hybridized carbons (Fsp3) is 0.286. The highest BCUT2D eigenvalue weighted by Crippen LogP contribution is 2.29. The standard InChI is InChI=1S/C21H19F3N4O2/c22-21(23,24)16-6-3-4-14(10-16)12-28-13-18(26-27-28)20(29)25-11-19-17-7-2-1-5-15(17)8-9-30-19/h1-7,10,13,19H,8-9,11-12H2,(H,25,29). The van der Waals surface area contributed by atoms with E-state index in [1.54, 1.807) is 6.07 Å². The van der Waals surface area contributed by atoms with Gasteiger partial charge in [-0.1, -0.05) is 41.6 Å². The van der Waals surface area contributed by atoms with Crippen molar-refractivity contribution in [3.05, 3.63) is 82.7 Å². The lowest BCUT2D eigenvalue weighted by atomic mass is 9.97. The van der Waals surface area contributed by atoms with E-state index in [-0.39, 0.29) is 24.9 Å². The van der Waals surface area contributed by atoms with Crippen molar-refractivity contribution in [1.29, 1.82) is 0 Å². The highest BCUT2D eigenvalue weighted by molar-refractivity contribution is 5.91. The highest BCUT2D eigenvalue weighted by atomic mass is 19.4. The van der Waals surface area contributed by atoms with Crippen LogP contribution >= 0.6 is 0 Å². The van der Waals surface area contributed by atoms with Crippen LogP contribution in [0.5, 0.6) is 0 Å². The molecule has 1 N–H and O–H groups in total. The SMILES string of the molecule is O=C(NCC1OCCc2ccccc21)c1cn(Cc2cccc(C(F)(F)F)c2)nn1. The number of hydrogen-bond donors (Lipinski definition) is 1. The van der Waals surface area contributed by atoms with Crippen molar-refractivity contribution in [3.63, 3.8) is 0 Å². The van der Waals surface area contributed by atoms with Gasteiger partial charge in [0.2, 0.25) is 0 Å². The van der Waals surface area contributed by atoms with Crippen LogP contribution in [0.2, 0.25) is 0 Å². The molecule has 0 aliphatic carbocycles. The fourth-order valence-electron chi connectivity index (χ4n) is 3.43. The summed E-state index contributed by atoms with van der Waals surface area (Å²) in [5.74, 6) is -0.419. The van der Waals surface area contributed by atoms with Crippen LogP contribution in [0.3, 0.4) is 0 Å². The summed E-state index contributed by atoms with van der Waals surface area (Å²) >= 11 is 0. The van der Waals surface area contributed by atoms with Gasteiger partial charge < -0.3 is 10.1 Å². The lowest BCUT2D eigenvalue weighted by Crippen LogP contribution is -2.32. The maximum atomic E-state index is 12.8. The third-order valence-corrected chi connectivity index (χ3v) is 4.91. The molecule has 0 saturated heterocycles. The number of hydrogen-bond acceptors (Lipinski definition) is 4. The number of aromatic nitrogens is 3. The largest absolute Gasteiger partial charge is 0.416 e. The summed E-state index contributed by atoms with van der Waals surface area (Å²) in [6.45, 7) is 0.949. The van der Waals surface area contributed by atoms with E-state index < -0.39 is 17.6 Å². The van der Waals surface area contributed by atoms with Crippen molar-refractivity contribution in [2.45, 2.75) is 25.2 Å². The average molecular weight is 416 g/mol. The van der Waals surface area contributed by atoms with E-state index in [1.165, 1.54) is 22.5 Å². The number of halogens is 3. The van der Waals surface area contributed by atoms with Crippen molar-refractivity contribution >= 4 is 5.91 Å². The second-order valence-corrected chi connectivity index (χ2v) is 7.02. The van der Waals surface area contributed by atoms with E-state index in [0.29, 0.717) is 12.2 Å². The number of benzene rings is 2. The third-order valence-electron chi connectivity index (χ3n) is 4.91. The number of fused-ring (bicyclic) bond motifs is 1. The van der Waals surface area contributed by atoms with Crippen molar-refractivity contribution < 1.29 is 22.7 Å². The molecule has 1 amide bonds. The number of rotatable bonds is 5. The molecule has 0 bridgehead atoms. The number of carbonyl (C=O) groups excluding carboxylic acids is 1. The zero-order valence-corrected chi connectivity index (χ0v) is 15.9. The van der Waals surface area contributed by atoms with Crippen molar-refractivity contribution in [2.75, 3.05) is 13.2 Å². The van der Waals surface area contributed by atoms with Crippen LogP contribution in [0, 0.1) is 0 Å². The van der Waals surface area contributed by atoms with Gasteiger partial charge in [-0.25, -0.2) is 4.68 Å². The normalized spacial score (nSPS) is 16.2. The van der Waals surface area contributed by atoms with Gasteiger partial charge in [-0.05, 0) is 35.2 Å². The molecular weight excluding hydrogens is 397 g/mol. The minimum atomic E-state index is -4.41. The summed E-state index contributed by atoms with van der Waals surface area (Å²) in [5.41, 5.74) is 2.03. The van der Waals surface area contributed by atoms with Gasteiger partial charge in [0.05, 0.1) is 24.9 Å². The van der Waals surface area contributed by atoms with Crippen LogP contribution in [0.15, 0.2) is 54.7 Å². The molecule has 0 fully saturated rings. The Morgan fingerprint density at radius 1 is 1.20 bits per heavy atom. The van der Waals surface area contributed by atoms with Gasteiger partial charge in [-0.3, -0.25) is 4.79 Å². The molecule has 0 saturated carbocycles. The zero-order chi connectivity index (χ0) is 21.1. The Bertz CT molecular complexity index is 1050. The van der Waals surface area contributed by atoms with Gasteiger partial charge in [0.25, 0.3) is 5.91 Å². The Balaban J connectivity index is 1.38. The molecule has 30 heavy (non-hydrogen) atoms. The maximum Gasteiger partial charge on any atom is 0.416 e. The lowest BCUT2D eigenvalue weighted by Gasteiger charge is -2.26. The van der Waals surface area contributed by atoms with E-state index in [2.05, 4.69) is 15.6 Å². The molecule has 2 heterocycles. The summed E-state index contributed by atoms with van der Waals surface area (Å²) in [6.07, 6.45) is -2.40. The van der Waals surface area contributed by atoms with Gasteiger partial charge >= 0.3 is 6.18 Å². The first-order valence-corrected chi connectivity index (χ1v) is 9.44. The number of nitrogens with one attached hydrogen (secondary N) is 1. The molecule has 0 radical (unpaired) electrons. The minimum Gasteiger partial charge on any atom is -0.371 e. The summed E-state index contributed by atoms with van der Waals surface area (Å²) in [5, 5.41) is 10.5. The molecule has 6 nitrogen and oxygen atoms in total. The molecule has 1 aliphatic heterocycles. The molecule has 156 valence electrons. The molecule has 2 aromatic carbocycles. The van der Waals surface area contributed by atoms with Crippen LogP contribution in [0.25, 0.3) is 0 Å². The molecule has 1 unspecified atom stereocenters. The van der Waals surface area contributed by atoms with Crippen LogP contribution in [0.1, 0.15) is 38.8 Å². The summed E-state index contributed by atoms with van der Waals surface area (Å²) in [6, 6.07) is 12.9. The Hall–Kier alpha value is -3.20. The van der Waals surface area contributed by atoms with E-state index in [1.807, 2.05) is 24.3 Å². The second-order valence-electron chi connectivity index (χ2n) is 7.02. The first-order valence-electron chi connectivity index (χ1n) is 9.44. The minimum absolute atomic E-state index is 0.0727. The van der Waals surface area contributed by atoms with Gasteiger partial charge in [0.1, 0.15) is 6.10 Å². The third kappa shape index (κ3) is 4.51. The van der Waals surface area contributed by atoms with Crippen LogP contribution in [-0.4, -0.2) is 34.1 Å². The van der Waals surface area contributed by atoms with E-state index in [9.17, 15) is 18.0 Å². The van der Waals surface area contributed by atoms with Gasteiger partial charge in [-0.15, -0.1) is 5.10 Å². The second kappa shape index (κ2) is 8.27. The topological polar surface area (TPSA) is 69.0 Å². The molecule has 1 aromatic heterocycles. The average Bonchev–Trinajstić information content (AvgIpc) is 3.20. The van der Waals surface area contributed by atoms with Crippen molar-refractivity contribution in [3.8, 4) is 0 Å². The number of amides is 1. The summed E-state index contributed by atoms with van der Waals surface area (Å²) in [4.78, 5) is 12.4. The molecule has 3 aromatic rings. The van der Waals surface area contributed by atoms with Crippen molar-refractivity contribution in [2.24, 2.45) is 0 Å². The smallest absolute Gasteiger partial charge is 0.371 e. The first-order chi connectivity index (χ1) is 14.4. The summed E-state index contributed by atoms with van der Waals surface area (Å²) in [7, 11) is 0. The number of nitrogens with zero attached hydrogens (tertiary/aromatic N) is 3. The zero-order valence-electron chi connectivity index (χ0n) is 15.9. The Morgan fingerprint density at radius 3 is 2.87 bits per heavy atom. The number of alkyl halides is 3. The highest BCUT2D eigenvalue weighted by Gasteiger charge is 2.30. The van der Waals surface area contributed by atoms with E-state index in [4.69, 9.17) is 4.74 Å². The van der Waals surface area contributed by atoms with Crippen molar-refractivity contribution in [1.82, 2.24) is 20.3 Å². The number of carbonyl (C=O) groups is 1. The van der Waals surface area contributed by atoms with Crippen LogP contribution < -0.4 is 5.32 Å². The maximum absolute atomic E-state index is 12.8. The van der Waals surface area contributed by atoms with E-state index >= 15 is 0 Å². The quantitative estimate of drug-likeness (QED) is 0.692. The van der Waals surface area contributed by atoms with Gasteiger partial charge in [0, 0.05) is 6.54 Å².